The van der Waals surface area contributed by atoms with Gasteiger partial charge in [-0.2, -0.15) is 18.3 Å². The summed E-state index contributed by atoms with van der Waals surface area (Å²) in [7, 11) is 0. The van der Waals surface area contributed by atoms with Gasteiger partial charge in [-0.3, -0.25) is 19.2 Å². The van der Waals surface area contributed by atoms with Crippen LogP contribution < -0.4 is 4.90 Å². The van der Waals surface area contributed by atoms with Gasteiger partial charge in [-0.1, -0.05) is 0 Å². The molecule has 0 aromatic carbocycles. The molecular formula is C16H20F3N5O2. The van der Waals surface area contributed by atoms with Crippen LogP contribution in [0.2, 0.25) is 0 Å². The van der Waals surface area contributed by atoms with E-state index in [9.17, 15) is 22.8 Å². The highest BCUT2D eigenvalue weighted by Crippen LogP contribution is 2.31. The molecule has 0 bridgehead atoms. The summed E-state index contributed by atoms with van der Waals surface area (Å²) in [5, 5.41) is 4.31. The summed E-state index contributed by atoms with van der Waals surface area (Å²) in [6, 6.07) is -0.394. The predicted octanol–water partition coefficient (Wildman–Crippen LogP) is 1.03. The first-order valence-corrected chi connectivity index (χ1v) is 8.76. The van der Waals surface area contributed by atoms with Crippen molar-refractivity contribution in [3.8, 4) is 0 Å². The predicted molar refractivity (Wildman–Crippen MR) is 85.5 cm³/mol. The number of aromatic nitrogens is 2. The van der Waals surface area contributed by atoms with Crippen molar-refractivity contribution in [2.45, 2.75) is 37.5 Å². The van der Waals surface area contributed by atoms with Gasteiger partial charge in [0.1, 0.15) is 6.54 Å². The van der Waals surface area contributed by atoms with Crippen LogP contribution >= 0.6 is 0 Å². The number of alkyl halides is 3. The maximum Gasteiger partial charge on any atom is 0.406 e. The van der Waals surface area contributed by atoms with Crippen LogP contribution in [0.25, 0.3) is 0 Å². The molecule has 7 nitrogen and oxygen atoms in total. The van der Waals surface area contributed by atoms with Gasteiger partial charge in [0, 0.05) is 38.8 Å². The minimum Gasteiger partial charge on any atom is -0.332 e. The van der Waals surface area contributed by atoms with Crippen LogP contribution in [0.3, 0.4) is 0 Å². The minimum atomic E-state index is -4.36. The Labute approximate surface area is 148 Å². The Bertz CT molecular complexity index is 713. The van der Waals surface area contributed by atoms with E-state index < -0.39 is 24.7 Å². The SMILES string of the molecule is O=C1C(N2CC(n3cc(N4CCCC4=O)cn3)C2)CCN1CC(F)(F)F. The van der Waals surface area contributed by atoms with Gasteiger partial charge in [-0.05, 0) is 12.8 Å². The van der Waals surface area contributed by atoms with Crippen LogP contribution in [0, 0.1) is 0 Å². The number of likely N-dealkylation sites (tertiary alicyclic amines) is 2. The Kier molecular flexibility index (Phi) is 4.17. The Balaban J connectivity index is 1.33. The maximum atomic E-state index is 12.5. The summed E-state index contributed by atoms with van der Waals surface area (Å²) in [5.74, 6) is -0.342. The normalized spacial score (nSPS) is 25.4. The summed E-state index contributed by atoms with van der Waals surface area (Å²) < 4.78 is 39.3. The molecule has 0 aliphatic carbocycles. The molecule has 2 amide bonds. The summed E-state index contributed by atoms with van der Waals surface area (Å²) in [5.41, 5.74) is 0.777. The summed E-state index contributed by atoms with van der Waals surface area (Å²) >= 11 is 0. The second kappa shape index (κ2) is 6.26. The zero-order chi connectivity index (χ0) is 18.5. The first-order chi connectivity index (χ1) is 12.3. The van der Waals surface area contributed by atoms with Gasteiger partial charge in [-0.15, -0.1) is 0 Å². The molecule has 4 rings (SSSR count). The molecule has 0 radical (unpaired) electrons. The molecule has 1 aromatic heterocycles. The van der Waals surface area contributed by atoms with E-state index in [0.29, 0.717) is 32.5 Å². The van der Waals surface area contributed by atoms with Crippen molar-refractivity contribution in [3.63, 3.8) is 0 Å². The standard InChI is InChI=1S/C16H20F3N5O2/c17-16(18,19)10-21-5-3-13(15(21)26)22-7-12(8-22)24-9-11(6-20-24)23-4-1-2-14(23)25/h6,9,12-13H,1-5,7-8,10H2. The third kappa shape index (κ3) is 3.17. The van der Waals surface area contributed by atoms with Gasteiger partial charge in [0.05, 0.1) is 24.0 Å². The Morgan fingerprint density at radius 3 is 2.62 bits per heavy atom. The number of rotatable bonds is 4. The summed E-state index contributed by atoms with van der Waals surface area (Å²) in [6.45, 7) is 0.822. The summed E-state index contributed by atoms with van der Waals surface area (Å²) in [6.07, 6.45) is 0.962. The molecular weight excluding hydrogens is 351 g/mol. The molecule has 1 unspecified atom stereocenters. The van der Waals surface area contributed by atoms with Crippen molar-refractivity contribution in [2.24, 2.45) is 0 Å². The average Bonchev–Trinajstić information content (AvgIpc) is 3.21. The van der Waals surface area contributed by atoms with Crippen molar-refractivity contribution >= 4 is 17.5 Å². The molecule has 10 heteroatoms. The lowest BCUT2D eigenvalue weighted by molar-refractivity contribution is -0.159. The Hall–Kier alpha value is -2.10. The van der Waals surface area contributed by atoms with E-state index in [4.69, 9.17) is 0 Å². The number of anilines is 1. The quantitative estimate of drug-likeness (QED) is 0.793. The molecule has 3 aliphatic heterocycles. The van der Waals surface area contributed by atoms with E-state index in [2.05, 4.69) is 5.10 Å². The van der Waals surface area contributed by atoms with Gasteiger partial charge in [-0.25, -0.2) is 0 Å². The van der Waals surface area contributed by atoms with Crippen molar-refractivity contribution < 1.29 is 22.8 Å². The molecule has 1 aromatic rings. The van der Waals surface area contributed by atoms with Gasteiger partial charge >= 0.3 is 6.18 Å². The molecule has 3 fully saturated rings. The second-order valence-electron chi connectivity index (χ2n) is 7.11. The van der Waals surface area contributed by atoms with Crippen LogP contribution in [0.1, 0.15) is 25.3 Å². The van der Waals surface area contributed by atoms with Crippen LogP contribution in [0.15, 0.2) is 12.4 Å². The number of amides is 2. The van der Waals surface area contributed by atoms with Gasteiger partial charge in [0.2, 0.25) is 11.8 Å². The third-order valence-electron chi connectivity index (χ3n) is 5.32. The van der Waals surface area contributed by atoms with E-state index in [1.807, 2.05) is 11.1 Å². The smallest absolute Gasteiger partial charge is 0.332 e. The highest BCUT2D eigenvalue weighted by Gasteiger charge is 2.45. The van der Waals surface area contributed by atoms with Gasteiger partial charge < -0.3 is 9.80 Å². The zero-order valence-corrected chi connectivity index (χ0v) is 14.2. The van der Waals surface area contributed by atoms with Gasteiger partial charge in [0.15, 0.2) is 0 Å². The summed E-state index contributed by atoms with van der Waals surface area (Å²) in [4.78, 5) is 28.5. The number of carbonyl (C=O) groups excluding carboxylic acids is 2. The number of halogens is 3. The van der Waals surface area contributed by atoms with Crippen molar-refractivity contribution in [2.75, 3.05) is 37.6 Å². The van der Waals surface area contributed by atoms with Crippen molar-refractivity contribution in [1.82, 2.24) is 19.6 Å². The Morgan fingerprint density at radius 2 is 1.96 bits per heavy atom. The van der Waals surface area contributed by atoms with Crippen molar-refractivity contribution in [3.05, 3.63) is 12.4 Å². The lowest BCUT2D eigenvalue weighted by Crippen LogP contribution is -2.55. The lowest BCUT2D eigenvalue weighted by Gasteiger charge is -2.42. The molecule has 1 atom stereocenters. The fraction of sp³-hybridized carbons (Fsp3) is 0.688. The van der Waals surface area contributed by atoms with E-state index in [-0.39, 0.29) is 18.5 Å². The van der Waals surface area contributed by atoms with Crippen molar-refractivity contribution in [1.29, 1.82) is 0 Å². The second-order valence-corrected chi connectivity index (χ2v) is 7.11. The molecule has 0 N–H and O–H groups in total. The van der Waals surface area contributed by atoms with Crippen LogP contribution in [-0.2, 0) is 9.59 Å². The highest BCUT2D eigenvalue weighted by atomic mass is 19.4. The first kappa shape index (κ1) is 17.3. The number of hydrogen-bond acceptors (Lipinski definition) is 4. The largest absolute Gasteiger partial charge is 0.406 e. The molecule has 4 heterocycles. The number of nitrogens with zero attached hydrogens (tertiary/aromatic N) is 5. The van der Waals surface area contributed by atoms with E-state index in [0.717, 1.165) is 17.0 Å². The van der Waals surface area contributed by atoms with E-state index >= 15 is 0 Å². The van der Waals surface area contributed by atoms with E-state index in [1.54, 1.807) is 15.8 Å². The van der Waals surface area contributed by atoms with Gasteiger partial charge in [0.25, 0.3) is 0 Å². The molecule has 0 saturated carbocycles. The molecule has 26 heavy (non-hydrogen) atoms. The minimum absolute atomic E-state index is 0.0749. The topological polar surface area (TPSA) is 61.7 Å². The fourth-order valence-corrected chi connectivity index (χ4v) is 3.93. The Morgan fingerprint density at radius 1 is 1.19 bits per heavy atom. The first-order valence-electron chi connectivity index (χ1n) is 8.76. The molecule has 142 valence electrons. The van der Waals surface area contributed by atoms with Crippen LogP contribution in [0.4, 0.5) is 18.9 Å². The number of hydrogen-bond donors (Lipinski definition) is 0. The third-order valence-corrected chi connectivity index (χ3v) is 5.32. The maximum absolute atomic E-state index is 12.5. The van der Waals surface area contributed by atoms with E-state index in [1.165, 1.54) is 0 Å². The average molecular weight is 371 g/mol. The molecule has 3 aliphatic rings. The fourth-order valence-electron chi connectivity index (χ4n) is 3.93. The van der Waals surface area contributed by atoms with Crippen LogP contribution in [-0.4, -0.2) is 76.3 Å². The number of carbonyl (C=O) groups is 2. The zero-order valence-electron chi connectivity index (χ0n) is 14.2. The lowest BCUT2D eigenvalue weighted by atomic mass is 10.0. The van der Waals surface area contributed by atoms with Crippen LogP contribution in [0.5, 0.6) is 0 Å². The monoisotopic (exact) mass is 371 g/mol. The molecule has 0 spiro atoms. The highest BCUT2D eigenvalue weighted by molar-refractivity contribution is 5.95. The molecule has 3 saturated heterocycles.